The summed E-state index contributed by atoms with van der Waals surface area (Å²) in [5.41, 5.74) is 2.07. The molecule has 2 N–H and O–H groups in total. The predicted octanol–water partition coefficient (Wildman–Crippen LogP) is 5.68. The fourth-order valence-electron chi connectivity index (χ4n) is 8.33. The minimum absolute atomic E-state index is 0.130. The normalized spacial score (nSPS) is 28.8. The van der Waals surface area contributed by atoms with Crippen molar-refractivity contribution >= 4 is 11.9 Å². The van der Waals surface area contributed by atoms with E-state index < -0.39 is 60.8 Å². The maximum absolute atomic E-state index is 12.8. The summed E-state index contributed by atoms with van der Waals surface area (Å²) in [6.45, 7) is 13.8. The molecule has 2 aromatic carbocycles. The monoisotopic (exact) mass is 826 g/mol. The number of rotatable bonds is 24. The van der Waals surface area contributed by atoms with Gasteiger partial charge in [0.25, 0.3) is 0 Å². The van der Waals surface area contributed by atoms with Gasteiger partial charge in [0.2, 0.25) is 0 Å². The molecule has 0 aromatic heterocycles. The Morgan fingerprint density at radius 2 is 0.983 bits per heavy atom. The molecule has 14 nitrogen and oxygen atoms in total. The SMILES string of the molecule is CCOC(=O)C[C@H](NCCCCCCCN[C@@H](CC(=O)OCC)C1O[C@@H]2OC(C)(C)O[C@@H]2[C@H]1OCc1ccccc1)C1O[C@@H]2OC(C)(C)O[C@@H]2[C@H]1OCc1ccccc1. The third-order valence-corrected chi connectivity index (χ3v) is 11.0. The number of esters is 2. The summed E-state index contributed by atoms with van der Waals surface area (Å²) in [4.78, 5) is 25.6. The van der Waals surface area contributed by atoms with Gasteiger partial charge >= 0.3 is 11.9 Å². The Bertz CT molecular complexity index is 1470. The van der Waals surface area contributed by atoms with E-state index in [-0.39, 0.29) is 36.9 Å². The highest BCUT2D eigenvalue weighted by Gasteiger charge is 2.58. The Kier molecular flexibility index (Phi) is 16.7. The van der Waals surface area contributed by atoms with Gasteiger partial charge in [0.1, 0.15) is 36.6 Å². The second-order valence-corrected chi connectivity index (χ2v) is 16.6. The summed E-state index contributed by atoms with van der Waals surface area (Å²) in [6, 6.07) is 19.2. The summed E-state index contributed by atoms with van der Waals surface area (Å²) in [5.74, 6) is -2.21. The van der Waals surface area contributed by atoms with Gasteiger partial charge in [0.15, 0.2) is 24.2 Å². The topological polar surface area (TPSA) is 150 Å². The highest BCUT2D eigenvalue weighted by atomic mass is 16.9. The molecule has 2 aromatic rings. The molecular formula is C45H66N2O12. The maximum Gasteiger partial charge on any atom is 0.307 e. The first-order valence-corrected chi connectivity index (χ1v) is 21.6. The van der Waals surface area contributed by atoms with E-state index in [9.17, 15) is 9.59 Å². The Hall–Kier alpha value is -3.02. The average molecular weight is 827 g/mol. The predicted molar refractivity (Wildman–Crippen MR) is 217 cm³/mol. The van der Waals surface area contributed by atoms with Gasteiger partial charge in [-0.1, -0.05) is 79.9 Å². The van der Waals surface area contributed by atoms with Gasteiger partial charge in [-0.25, -0.2) is 0 Å². The standard InChI is InChI=1S/C45H66N2O12/c1-7-50-34(48)26-32(36-38(52-28-30-20-14-12-15-21-30)40-42(54-36)58-44(3,4)56-40)46-24-18-10-9-11-19-25-47-33(27-35(49)51-8-2)37-39(53-29-31-22-16-13-17-23-31)41-43(55-37)59-45(5,6)57-41/h12-17,20-23,32-33,36-43,46-47H,7-11,18-19,24-29H2,1-6H3/t32-,33-,36?,37?,38-,39-,40+,41+,42+,43+/m0/s1. The minimum atomic E-state index is -0.805. The molecule has 4 heterocycles. The molecule has 59 heavy (non-hydrogen) atoms. The largest absolute Gasteiger partial charge is 0.466 e. The number of nitrogens with one attached hydrogen (secondary N) is 2. The van der Waals surface area contributed by atoms with Gasteiger partial charge < -0.3 is 58.0 Å². The molecule has 2 unspecified atom stereocenters. The van der Waals surface area contributed by atoms with Crippen molar-refractivity contribution in [3.05, 3.63) is 71.8 Å². The number of hydrogen-bond acceptors (Lipinski definition) is 14. The number of unbranched alkanes of at least 4 members (excludes halogenated alkanes) is 4. The molecule has 0 radical (unpaired) electrons. The highest BCUT2D eigenvalue weighted by molar-refractivity contribution is 5.70. The van der Waals surface area contributed by atoms with Crippen molar-refractivity contribution in [2.24, 2.45) is 0 Å². The number of carbonyl (C=O) groups excluding carboxylic acids is 2. The van der Waals surface area contributed by atoms with E-state index in [1.54, 1.807) is 13.8 Å². The lowest BCUT2D eigenvalue weighted by molar-refractivity contribution is -0.223. The number of carbonyl (C=O) groups is 2. The molecular weight excluding hydrogens is 760 g/mol. The van der Waals surface area contributed by atoms with Crippen LogP contribution in [0.1, 0.15) is 97.6 Å². The summed E-state index contributed by atoms with van der Waals surface area (Å²) in [5, 5.41) is 7.19. The van der Waals surface area contributed by atoms with Crippen LogP contribution in [0.2, 0.25) is 0 Å². The van der Waals surface area contributed by atoms with Gasteiger partial charge in [-0.05, 0) is 78.6 Å². The first-order valence-electron chi connectivity index (χ1n) is 21.6. The summed E-state index contributed by atoms with van der Waals surface area (Å²) in [7, 11) is 0. The van der Waals surface area contributed by atoms with E-state index >= 15 is 0 Å². The number of ether oxygens (including phenoxy) is 10. The van der Waals surface area contributed by atoms with Crippen molar-refractivity contribution in [3.63, 3.8) is 0 Å². The van der Waals surface area contributed by atoms with E-state index in [1.807, 2.05) is 88.4 Å². The van der Waals surface area contributed by atoms with Crippen molar-refractivity contribution in [2.75, 3.05) is 26.3 Å². The zero-order valence-electron chi connectivity index (χ0n) is 35.6. The first-order chi connectivity index (χ1) is 28.4. The summed E-state index contributed by atoms with van der Waals surface area (Å²) in [6.07, 6.45) is 1.11. The van der Waals surface area contributed by atoms with Crippen LogP contribution in [0.15, 0.2) is 60.7 Å². The van der Waals surface area contributed by atoms with Gasteiger partial charge in [0.05, 0.1) is 39.3 Å². The molecule has 10 atom stereocenters. The van der Waals surface area contributed by atoms with Crippen molar-refractivity contribution in [2.45, 2.75) is 173 Å². The Balaban J connectivity index is 0.986. The molecule has 0 spiro atoms. The Morgan fingerprint density at radius 1 is 0.593 bits per heavy atom. The Labute approximate surface area is 349 Å². The Morgan fingerprint density at radius 3 is 1.37 bits per heavy atom. The molecule has 0 aliphatic carbocycles. The summed E-state index contributed by atoms with van der Waals surface area (Å²) >= 11 is 0. The highest BCUT2D eigenvalue weighted by Crippen LogP contribution is 2.42. The van der Waals surface area contributed by atoms with E-state index in [0.717, 1.165) is 43.2 Å². The molecule has 4 aliphatic heterocycles. The van der Waals surface area contributed by atoms with Gasteiger partial charge in [-0.3, -0.25) is 9.59 Å². The molecule has 4 fully saturated rings. The number of hydrogen-bond donors (Lipinski definition) is 2. The van der Waals surface area contributed by atoms with E-state index in [1.165, 1.54) is 0 Å². The lowest BCUT2D eigenvalue weighted by atomic mass is 9.99. The van der Waals surface area contributed by atoms with Crippen LogP contribution in [-0.2, 0) is 70.2 Å². The molecule has 6 rings (SSSR count). The van der Waals surface area contributed by atoms with Crippen molar-refractivity contribution in [1.82, 2.24) is 10.6 Å². The van der Waals surface area contributed by atoms with Crippen molar-refractivity contribution in [1.29, 1.82) is 0 Å². The second kappa shape index (κ2) is 21.7. The van der Waals surface area contributed by atoms with Crippen LogP contribution in [0.3, 0.4) is 0 Å². The third kappa shape index (κ3) is 13.0. The van der Waals surface area contributed by atoms with Crippen LogP contribution in [0, 0.1) is 0 Å². The molecule has 4 aliphatic rings. The quantitative estimate of drug-likeness (QED) is 0.0987. The fraction of sp³-hybridized carbons (Fsp3) is 0.689. The van der Waals surface area contributed by atoms with Crippen LogP contribution >= 0.6 is 0 Å². The lowest BCUT2D eigenvalue weighted by Crippen LogP contribution is -2.50. The molecule has 0 saturated carbocycles. The summed E-state index contributed by atoms with van der Waals surface area (Å²) < 4.78 is 61.2. The van der Waals surface area contributed by atoms with Gasteiger partial charge in [0, 0.05) is 12.1 Å². The molecule has 4 saturated heterocycles. The van der Waals surface area contributed by atoms with Crippen LogP contribution in [-0.4, -0.2) is 111 Å². The van der Waals surface area contributed by atoms with Crippen LogP contribution < -0.4 is 10.6 Å². The second-order valence-electron chi connectivity index (χ2n) is 16.6. The maximum atomic E-state index is 12.8. The van der Waals surface area contributed by atoms with Gasteiger partial charge in [-0.15, -0.1) is 0 Å². The smallest absolute Gasteiger partial charge is 0.307 e. The molecule has 328 valence electrons. The third-order valence-electron chi connectivity index (χ3n) is 11.0. The van der Waals surface area contributed by atoms with E-state index in [4.69, 9.17) is 47.4 Å². The zero-order valence-corrected chi connectivity index (χ0v) is 35.6. The van der Waals surface area contributed by atoms with E-state index in [2.05, 4.69) is 10.6 Å². The lowest BCUT2D eigenvalue weighted by Gasteiger charge is -2.31. The van der Waals surface area contributed by atoms with E-state index in [0.29, 0.717) is 39.5 Å². The van der Waals surface area contributed by atoms with Crippen molar-refractivity contribution in [3.8, 4) is 0 Å². The molecule has 14 heteroatoms. The average Bonchev–Trinajstić information content (AvgIpc) is 3.89. The van der Waals surface area contributed by atoms with Gasteiger partial charge in [-0.2, -0.15) is 0 Å². The van der Waals surface area contributed by atoms with Crippen molar-refractivity contribution < 1.29 is 57.0 Å². The van der Waals surface area contributed by atoms with Crippen LogP contribution in [0.25, 0.3) is 0 Å². The fourth-order valence-corrected chi connectivity index (χ4v) is 8.33. The number of benzene rings is 2. The van der Waals surface area contributed by atoms with Crippen LogP contribution in [0.5, 0.6) is 0 Å². The van der Waals surface area contributed by atoms with Crippen LogP contribution in [0.4, 0.5) is 0 Å². The first kappa shape index (κ1) is 45.5. The minimum Gasteiger partial charge on any atom is -0.466 e. The molecule has 0 bridgehead atoms. The zero-order chi connectivity index (χ0) is 41.8. The molecule has 0 amide bonds. The number of fused-ring (bicyclic) bond motifs is 2.